The van der Waals surface area contributed by atoms with E-state index in [1.807, 2.05) is 0 Å². The van der Waals surface area contributed by atoms with E-state index in [0.29, 0.717) is 19.7 Å². The Balaban J connectivity index is 2.01. The lowest BCUT2D eigenvalue weighted by Gasteiger charge is -2.22. The normalized spacial score (nSPS) is 20.0. The predicted molar refractivity (Wildman–Crippen MR) is 66.7 cm³/mol. The number of alkyl halides is 3. The molecule has 0 saturated carbocycles. The maximum absolute atomic E-state index is 12.4. The van der Waals surface area contributed by atoms with Gasteiger partial charge in [0.1, 0.15) is 6.10 Å². The molecule has 1 unspecified atom stereocenters. The van der Waals surface area contributed by atoms with E-state index in [-0.39, 0.29) is 18.4 Å². The number of amides is 1. The number of rotatable bonds is 2. The quantitative estimate of drug-likeness (QED) is 0.835. The van der Waals surface area contributed by atoms with E-state index in [4.69, 9.17) is 9.47 Å². The predicted octanol–water partition coefficient (Wildman–Crippen LogP) is 1.73. The van der Waals surface area contributed by atoms with Crippen LogP contribution in [0.15, 0.2) is 18.3 Å². The Hall–Kier alpha value is -1.83. The third-order valence-corrected chi connectivity index (χ3v) is 3.03. The molecule has 8 heteroatoms. The number of hydrogen-bond donors (Lipinski definition) is 0. The average Bonchev–Trinajstić information content (AvgIpc) is 2.64. The van der Waals surface area contributed by atoms with E-state index in [2.05, 4.69) is 4.98 Å². The fraction of sp³-hybridized carbons (Fsp3) is 0.538. The molecule has 2 rings (SSSR count). The van der Waals surface area contributed by atoms with Gasteiger partial charge in [0.2, 0.25) is 11.8 Å². The molecule has 0 radical (unpaired) electrons. The van der Waals surface area contributed by atoms with Gasteiger partial charge in [0.15, 0.2) is 0 Å². The Morgan fingerprint density at radius 2 is 2.24 bits per heavy atom. The van der Waals surface area contributed by atoms with Crippen molar-refractivity contribution in [2.45, 2.75) is 19.2 Å². The average molecular weight is 304 g/mol. The van der Waals surface area contributed by atoms with Crippen molar-refractivity contribution < 1.29 is 27.4 Å². The van der Waals surface area contributed by atoms with Gasteiger partial charge in [0, 0.05) is 25.7 Å². The van der Waals surface area contributed by atoms with Gasteiger partial charge in [0.25, 0.3) is 0 Å². The fourth-order valence-electron chi connectivity index (χ4n) is 1.93. The third kappa shape index (κ3) is 4.32. The second-order valence-corrected chi connectivity index (χ2v) is 4.66. The van der Waals surface area contributed by atoms with Crippen LogP contribution in [-0.2, 0) is 15.7 Å². The molecule has 1 saturated heterocycles. The van der Waals surface area contributed by atoms with Crippen LogP contribution in [0.5, 0.6) is 5.88 Å². The van der Waals surface area contributed by atoms with Gasteiger partial charge >= 0.3 is 6.18 Å². The van der Waals surface area contributed by atoms with Gasteiger partial charge in [-0.15, -0.1) is 0 Å². The molecule has 0 bridgehead atoms. The number of nitrogens with zero attached hydrogens (tertiary/aromatic N) is 2. The van der Waals surface area contributed by atoms with Crippen LogP contribution in [0, 0.1) is 0 Å². The maximum atomic E-state index is 12.4. The molecule has 0 N–H and O–H groups in total. The zero-order chi connectivity index (χ0) is 15.5. The Morgan fingerprint density at radius 1 is 1.48 bits per heavy atom. The molecule has 1 aromatic rings. The first kappa shape index (κ1) is 15.6. The molecular formula is C13H15F3N2O3. The molecule has 21 heavy (non-hydrogen) atoms. The van der Waals surface area contributed by atoms with Gasteiger partial charge in [-0.1, -0.05) is 0 Å². The van der Waals surface area contributed by atoms with Crippen LogP contribution < -0.4 is 4.74 Å². The van der Waals surface area contributed by atoms with E-state index >= 15 is 0 Å². The summed E-state index contributed by atoms with van der Waals surface area (Å²) in [6.45, 7) is 2.89. The maximum Gasteiger partial charge on any atom is 0.417 e. The van der Waals surface area contributed by atoms with Crippen molar-refractivity contribution in [2.24, 2.45) is 0 Å². The third-order valence-electron chi connectivity index (χ3n) is 3.03. The first-order chi connectivity index (χ1) is 9.86. The lowest BCUT2D eigenvalue weighted by atomic mass is 10.3. The molecular weight excluding hydrogens is 289 g/mol. The van der Waals surface area contributed by atoms with E-state index in [1.54, 1.807) is 4.90 Å². The Labute approximate surface area is 119 Å². The summed E-state index contributed by atoms with van der Waals surface area (Å²) in [5.41, 5.74) is -0.836. The molecule has 0 aromatic carbocycles. The molecule has 1 aliphatic heterocycles. The van der Waals surface area contributed by atoms with Crippen LogP contribution in [0.4, 0.5) is 13.2 Å². The molecule has 2 heterocycles. The van der Waals surface area contributed by atoms with E-state index in [1.165, 1.54) is 6.92 Å². The minimum absolute atomic E-state index is 0.0713. The minimum Gasteiger partial charge on any atom is -0.470 e. The highest BCUT2D eigenvalue weighted by Crippen LogP contribution is 2.29. The molecule has 1 atom stereocenters. The van der Waals surface area contributed by atoms with Crippen LogP contribution in [0.1, 0.15) is 12.5 Å². The van der Waals surface area contributed by atoms with Crippen molar-refractivity contribution in [3.63, 3.8) is 0 Å². The first-order valence-electron chi connectivity index (χ1n) is 6.39. The lowest BCUT2D eigenvalue weighted by molar-refractivity contribution is -0.138. The van der Waals surface area contributed by atoms with E-state index in [0.717, 1.165) is 18.3 Å². The van der Waals surface area contributed by atoms with Crippen molar-refractivity contribution in [3.8, 4) is 5.88 Å². The summed E-state index contributed by atoms with van der Waals surface area (Å²) in [5, 5.41) is 0. The van der Waals surface area contributed by atoms with Crippen molar-refractivity contribution in [3.05, 3.63) is 23.9 Å². The lowest BCUT2D eigenvalue weighted by Crippen LogP contribution is -2.38. The first-order valence-corrected chi connectivity index (χ1v) is 6.39. The molecule has 1 fully saturated rings. The van der Waals surface area contributed by atoms with Gasteiger partial charge in [0.05, 0.1) is 25.3 Å². The van der Waals surface area contributed by atoms with Gasteiger partial charge < -0.3 is 14.4 Å². The number of ether oxygens (including phenoxy) is 2. The van der Waals surface area contributed by atoms with Gasteiger partial charge in [-0.25, -0.2) is 4.98 Å². The smallest absolute Gasteiger partial charge is 0.417 e. The summed E-state index contributed by atoms with van der Waals surface area (Å²) in [7, 11) is 0. The number of aromatic nitrogens is 1. The molecule has 0 aliphatic carbocycles. The topological polar surface area (TPSA) is 51.7 Å². The zero-order valence-electron chi connectivity index (χ0n) is 11.4. The van der Waals surface area contributed by atoms with Crippen molar-refractivity contribution in [1.29, 1.82) is 0 Å². The standard InChI is InChI=1S/C13H15F3N2O3/c1-9(19)18-4-5-20-8-11(7-18)21-12-3-2-10(6-17-12)13(14,15)16/h2-3,6,11H,4-5,7-8H2,1H3. The van der Waals surface area contributed by atoms with E-state index in [9.17, 15) is 18.0 Å². The monoisotopic (exact) mass is 304 g/mol. The number of carbonyl (C=O) groups excluding carboxylic acids is 1. The van der Waals surface area contributed by atoms with Gasteiger partial charge in [-0.2, -0.15) is 13.2 Å². The van der Waals surface area contributed by atoms with E-state index < -0.39 is 17.8 Å². The zero-order valence-corrected chi connectivity index (χ0v) is 11.4. The number of pyridine rings is 1. The van der Waals surface area contributed by atoms with Crippen LogP contribution in [-0.4, -0.2) is 48.2 Å². The van der Waals surface area contributed by atoms with Crippen molar-refractivity contribution in [2.75, 3.05) is 26.3 Å². The largest absolute Gasteiger partial charge is 0.470 e. The van der Waals surface area contributed by atoms with Crippen LogP contribution in [0.3, 0.4) is 0 Å². The highest BCUT2D eigenvalue weighted by molar-refractivity contribution is 5.73. The summed E-state index contributed by atoms with van der Waals surface area (Å²) in [6, 6.07) is 2.06. The van der Waals surface area contributed by atoms with Crippen LogP contribution >= 0.6 is 0 Å². The summed E-state index contributed by atoms with van der Waals surface area (Å²) < 4.78 is 48.1. The summed E-state index contributed by atoms with van der Waals surface area (Å²) in [5.74, 6) is -0.0310. The number of halogens is 3. The molecule has 5 nitrogen and oxygen atoms in total. The SMILES string of the molecule is CC(=O)N1CCOCC(Oc2ccc(C(F)(F)F)cn2)C1. The summed E-state index contributed by atoms with van der Waals surface area (Å²) in [4.78, 5) is 16.6. The summed E-state index contributed by atoms with van der Waals surface area (Å²) in [6.07, 6.45) is -4.17. The van der Waals surface area contributed by atoms with Gasteiger partial charge in [-0.05, 0) is 6.07 Å². The second kappa shape index (κ2) is 6.30. The Kier molecular flexibility index (Phi) is 4.66. The molecule has 116 valence electrons. The molecule has 1 aliphatic rings. The highest BCUT2D eigenvalue weighted by Gasteiger charge is 2.31. The van der Waals surface area contributed by atoms with Crippen LogP contribution in [0.2, 0.25) is 0 Å². The number of carbonyl (C=O) groups is 1. The Bertz CT molecular complexity index is 490. The summed E-state index contributed by atoms with van der Waals surface area (Å²) >= 11 is 0. The second-order valence-electron chi connectivity index (χ2n) is 4.66. The minimum atomic E-state index is -4.43. The molecule has 1 aromatic heterocycles. The molecule has 1 amide bonds. The van der Waals surface area contributed by atoms with Gasteiger partial charge in [-0.3, -0.25) is 4.79 Å². The van der Waals surface area contributed by atoms with Crippen LogP contribution in [0.25, 0.3) is 0 Å². The van der Waals surface area contributed by atoms with Crippen molar-refractivity contribution >= 4 is 5.91 Å². The van der Waals surface area contributed by atoms with Crippen molar-refractivity contribution in [1.82, 2.24) is 9.88 Å². The number of hydrogen-bond acceptors (Lipinski definition) is 4. The Morgan fingerprint density at radius 3 is 2.81 bits per heavy atom. The highest BCUT2D eigenvalue weighted by atomic mass is 19.4. The fourth-order valence-corrected chi connectivity index (χ4v) is 1.93. The molecule has 0 spiro atoms.